The summed E-state index contributed by atoms with van der Waals surface area (Å²) in [5.74, 6) is 1.59. The molecule has 1 fully saturated rings. The average Bonchev–Trinajstić information content (AvgIpc) is 3.29. The van der Waals surface area contributed by atoms with Crippen molar-refractivity contribution in [2.45, 2.75) is 31.9 Å². The molecule has 42 heavy (non-hydrogen) atoms. The van der Waals surface area contributed by atoms with Crippen molar-refractivity contribution in [3.8, 4) is 39.6 Å². The summed E-state index contributed by atoms with van der Waals surface area (Å²) in [6, 6.07) is 30.7. The SMILES string of the molecule is CC(C)(C)OC(=O)NC1(c2ccc(-c3c(-c4ccccc4)nc4n3-c3cccnc3Nc3ccccc3-4)cc2)COC1. The fourth-order valence-electron chi connectivity index (χ4n) is 5.55. The van der Waals surface area contributed by atoms with E-state index in [0.29, 0.717) is 13.2 Å². The maximum Gasteiger partial charge on any atom is 0.408 e. The van der Waals surface area contributed by atoms with Gasteiger partial charge < -0.3 is 20.1 Å². The van der Waals surface area contributed by atoms with Gasteiger partial charge in [-0.15, -0.1) is 0 Å². The number of nitrogens with zero attached hydrogens (tertiary/aromatic N) is 3. The Morgan fingerprint density at radius 3 is 2.38 bits per heavy atom. The molecule has 0 spiro atoms. The second-order valence-corrected chi connectivity index (χ2v) is 11.7. The molecule has 8 heteroatoms. The topological polar surface area (TPSA) is 90.3 Å². The molecule has 0 saturated carbocycles. The van der Waals surface area contributed by atoms with Gasteiger partial charge in [0.1, 0.15) is 17.0 Å². The number of para-hydroxylation sites is 1. The first-order chi connectivity index (χ1) is 20.3. The van der Waals surface area contributed by atoms with Crippen LogP contribution in [-0.2, 0) is 15.0 Å². The zero-order valence-electron chi connectivity index (χ0n) is 23.7. The summed E-state index contributed by atoms with van der Waals surface area (Å²) in [6.07, 6.45) is 1.33. The molecule has 0 aliphatic carbocycles. The van der Waals surface area contributed by atoms with Crippen molar-refractivity contribution in [1.29, 1.82) is 0 Å². The highest BCUT2D eigenvalue weighted by Gasteiger charge is 2.43. The lowest BCUT2D eigenvalue weighted by Gasteiger charge is -2.42. The number of hydrogen-bond donors (Lipinski definition) is 2. The van der Waals surface area contributed by atoms with Gasteiger partial charge in [-0.25, -0.2) is 14.8 Å². The van der Waals surface area contributed by atoms with Crippen LogP contribution >= 0.6 is 0 Å². The van der Waals surface area contributed by atoms with Crippen molar-refractivity contribution < 1.29 is 14.3 Å². The number of benzene rings is 3. The van der Waals surface area contributed by atoms with E-state index >= 15 is 0 Å². The predicted octanol–water partition coefficient (Wildman–Crippen LogP) is 7.08. The fourth-order valence-corrected chi connectivity index (χ4v) is 5.55. The van der Waals surface area contributed by atoms with Crippen molar-refractivity contribution in [3.05, 3.63) is 103 Å². The van der Waals surface area contributed by atoms with Crippen LogP contribution in [0.4, 0.5) is 16.3 Å². The third-order valence-corrected chi connectivity index (χ3v) is 7.52. The minimum atomic E-state index is -0.642. The van der Waals surface area contributed by atoms with Gasteiger partial charge in [-0.05, 0) is 50.6 Å². The highest BCUT2D eigenvalue weighted by atomic mass is 16.6. The van der Waals surface area contributed by atoms with Crippen LogP contribution < -0.4 is 10.6 Å². The zero-order chi connectivity index (χ0) is 28.9. The van der Waals surface area contributed by atoms with E-state index in [2.05, 4.69) is 68.7 Å². The van der Waals surface area contributed by atoms with Crippen LogP contribution in [0.1, 0.15) is 26.3 Å². The Kier molecular flexibility index (Phi) is 6.09. The summed E-state index contributed by atoms with van der Waals surface area (Å²) in [5.41, 5.74) is 6.39. The van der Waals surface area contributed by atoms with Gasteiger partial charge >= 0.3 is 6.09 Å². The summed E-state index contributed by atoms with van der Waals surface area (Å²) < 4.78 is 13.3. The highest BCUT2D eigenvalue weighted by molar-refractivity contribution is 5.90. The summed E-state index contributed by atoms with van der Waals surface area (Å²) in [6.45, 7) is 6.32. The Bertz CT molecular complexity index is 1780. The zero-order valence-corrected chi connectivity index (χ0v) is 23.7. The number of aromatic nitrogens is 3. The fraction of sp³-hybridized carbons (Fsp3) is 0.206. The molecule has 210 valence electrons. The molecular weight excluding hydrogens is 526 g/mol. The number of anilines is 2. The number of carbonyl (C=O) groups excluding carboxylic acids is 1. The number of rotatable bonds is 4. The van der Waals surface area contributed by atoms with Crippen molar-refractivity contribution >= 4 is 17.6 Å². The third-order valence-electron chi connectivity index (χ3n) is 7.52. The number of ether oxygens (including phenoxy) is 2. The van der Waals surface area contributed by atoms with Crippen LogP contribution in [0.25, 0.3) is 39.6 Å². The van der Waals surface area contributed by atoms with Gasteiger partial charge in [-0.1, -0.05) is 66.7 Å². The summed E-state index contributed by atoms with van der Waals surface area (Å²) in [7, 11) is 0. The van der Waals surface area contributed by atoms with Gasteiger partial charge in [-0.3, -0.25) is 4.57 Å². The third kappa shape index (κ3) is 4.50. The molecule has 2 N–H and O–H groups in total. The van der Waals surface area contributed by atoms with Crippen LogP contribution in [0.3, 0.4) is 0 Å². The van der Waals surface area contributed by atoms with Gasteiger partial charge in [0.05, 0.1) is 36.0 Å². The average molecular weight is 558 g/mol. The molecule has 2 aliphatic rings. The van der Waals surface area contributed by atoms with E-state index in [1.165, 1.54) is 0 Å². The van der Waals surface area contributed by atoms with Crippen molar-refractivity contribution in [1.82, 2.24) is 19.9 Å². The molecule has 0 unspecified atom stereocenters. The van der Waals surface area contributed by atoms with Crippen LogP contribution in [0.2, 0.25) is 0 Å². The molecule has 8 nitrogen and oxygen atoms in total. The van der Waals surface area contributed by atoms with Crippen molar-refractivity contribution in [2.75, 3.05) is 18.5 Å². The van der Waals surface area contributed by atoms with Gasteiger partial charge in [0.25, 0.3) is 0 Å². The lowest BCUT2D eigenvalue weighted by molar-refractivity contribution is -0.0797. The predicted molar refractivity (Wildman–Crippen MR) is 163 cm³/mol. The Labute approximate surface area is 244 Å². The summed E-state index contributed by atoms with van der Waals surface area (Å²) >= 11 is 0. The smallest absolute Gasteiger partial charge is 0.408 e. The summed E-state index contributed by atoms with van der Waals surface area (Å²) in [4.78, 5) is 22.7. The van der Waals surface area contributed by atoms with Crippen LogP contribution in [-0.4, -0.2) is 39.4 Å². The Morgan fingerprint density at radius 2 is 1.67 bits per heavy atom. The van der Waals surface area contributed by atoms with Crippen molar-refractivity contribution in [3.63, 3.8) is 0 Å². The molecule has 0 atom stereocenters. The van der Waals surface area contributed by atoms with E-state index in [1.54, 1.807) is 6.20 Å². The molecule has 3 aromatic carbocycles. The maximum atomic E-state index is 12.7. The number of nitrogens with one attached hydrogen (secondary N) is 2. The number of fused-ring (bicyclic) bond motifs is 5. The van der Waals surface area contributed by atoms with Gasteiger partial charge in [-0.2, -0.15) is 0 Å². The number of alkyl carbamates (subject to hydrolysis) is 1. The first-order valence-corrected chi connectivity index (χ1v) is 14.0. The van der Waals surface area contributed by atoms with E-state index in [0.717, 1.165) is 56.7 Å². The van der Waals surface area contributed by atoms with E-state index < -0.39 is 17.2 Å². The van der Waals surface area contributed by atoms with E-state index in [9.17, 15) is 4.79 Å². The Hall–Kier alpha value is -4.95. The van der Waals surface area contributed by atoms with E-state index in [1.807, 2.05) is 63.2 Å². The Morgan fingerprint density at radius 1 is 0.929 bits per heavy atom. The highest BCUT2D eigenvalue weighted by Crippen LogP contribution is 2.44. The molecule has 2 aromatic heterocycles. The quantitative estimate of drug-likeness (QED) is 0.241. The van der Waals surface area contributed by atoms with Crippen LogP contribution in [0, 0.1) is 0 Å². The molecule has 7 rings (SSSR count). The van der Waals surface area contributed by atoms with Gasteiger partial charge in [0, 0.05) is 22.9 Å². The number of imidazole rings is 1. The second kappa shape index (κ2) is 9.85. The maximum absolute atomic E-state index is 12.7. The van der Waals surface area contributed by atoms with E-state index in [4.69, 9.17) is 14.5 Å². The first kappa shape index (κ1) is 26.0. The van der Waals surface area contributed by atoms with Gasteiger partial charge in [0.15, 0.2) is 5.82 Å². The molecule has 4 heterocycles. The molecule has 2 aliphatic heterocycles. The summed E-state index contributed by atoms with van der Waals surface area (Å²) in [5, 5.41) is 6.57. The Balaban J connectivity index is 1.38. The number of amides is 1. The minimum absolute atomic E-state index is 0.379. The van der Waals surface area contributed by atoms with Crippen LogP contribution in [0.5, 0.6) is 0 Å². The molecule has 1 saturated heterocycles. The van der Waals surface area contributed by atoms with Crippen LogP contribution in [0.15, 0.2) is 97.2 Å². The monoisotopic (exact) mass is 557 g/mol. The molecule has 5 aromatic rings. The van der Waals surface area contributed by atoms with E-state index in [-0.39, 0.29) is 0 Å². The molecular formula is C34H31N5O3. The first-order valence-electron chi connectivity index (χ1n) is 14.0. The largest absolute Gasteiger partial charge is 0.444 e. The van der Waals surface area contributed by atoms with Crippen molar-refractivity contribution in [2.24, 2.45) is 0 Å². The second-order valence-electron chi connectivity index (χ2n) is 11.7. The number of carbonyl (C=O) groups is 1. The van der Waals surface area contributed by atoms with Gasteiger partial charge in [0.2, 0.25) is 0 Å². The molecule has 1 amide bonds. The number of pyridine rings is 1. The lowest BCUT2D eigenvalue weighted by Crippen LogP contribution is -2.60. The molecule has 0 radical (unpaired) electrons. The number of hydrogen-bond acceptors (Lipinski definition) is 6. The minimum Gasteiger partial charge on any atom is -0.444 e. The lowest BCUT2D eigenvalue weighted by atomic mass is 9.87. The standard InChI is InChI=1S/C34H31N5O3/c1-33(2,3)42-32(40)38-34(20-41-21-34)24-17-15-23(16-18-24)29-28(22-10-5-4-6-11-22)37-31-25-12-7-8-13-26(25)36-30-27(39(29)31)14-9-19-35-30/h4-19H,20-21H2,1-3H3,(H,35,36)(H,38,40). The normalized spacial score (nSPS) is 14.7. The molecule has 0 bridgehead atoms.